The predicted octanol–water partition coefficient (Wildman–Crippen LogP) is 4.63. The topological polar surface area (TPSA) is 23.8 Å². The molecule has 2 rings (SSSR count). The van der Waals surface area contributed by atoms with Gasteiger partial charge < -0.3 is 0 Å². The molecule has 0 radical (unpaired) electrons. The molecule has 0 bridgehead atoms. The zero-order valence-electron chi connectivity index (χ0n) is 10.8. The van der Waals surface area contributed by atoms with Crippen molar-refractivity contribution < 1.29 is 0 Å². The van der Waals surface area contributed by atoms with Gasteiger partial charge >= 0.3 is 0 Å². The van der Waals surface area contributed by atoms with Crippen LogP contribution in [0.1, 0.15) is 22.3 Å². The van der Waals surface area contributed by atoms with Gasteiger partial charge in [0.25, 0.3) is 0 Å². The minimum Gasteiger partial charge on any atom is -0.192 e. The molecular formula is C16H15NS. The van der Waals surface area contributed by atoms with Crippen molar-refractivity contribution in [1.82, 2.24) is 0 Å². The van der Waals surface area contributed by atoms with Crippen molar-refractivity contribution in [3.8, 4) is 6.07 Å². The average molecular weight is 253 g/mol. The lowest BCUT2D eigenvalue weighted by Gasteiger charge is -2.10. The molecule has 0 N–H and O–H groups in total. The van der Waals surface area contributed by atoms with Crippen molar-refractivity contribution in [3.63, 3.8) is 0 Å². The van der Waals surface area contributed by atoms with E-state index in [-0.39, 0.29) is 0 Å². The number of benzene rings is 2. The molecule has 90 valence electrons. The van der Waals surface area contributed by atoms with Crippen LogP contribution in [0.15, 0.2) is 46.2 Å². The summed E-state index contributed by atoms with van der Waals surface area (Å²) in [5, 5.41) is 8.78. The van der Waals surface area contributed by atoms with Crippen molar-refractivity contribution in [2.75, 3.05) is 0 Å². The summed E-state index contributed by atoms with van der Waals surface area (Å²) < 4.78 is 0. The quantitative estimate of drug-likeness (QED) is 0.778. The van der Waals surface area contributed by atoms with Crippen LogP contribution in [0.4, 0.5) is 0 Å². The highest BCUT2D eigenvalue weighted by molar-refractivity contribution is 7.99. The van der Waals surface area contributed by atoms with Crippen LogP contribution >= 0.6 is 11.8 Å². The molecule has 0 aliphatic carbocycles. The van der Waals surface area contributed by atoms with Crippen LogP contribution in [0.3, 0.4) is 0 Å². The number of rotatable bonds is 2. The highest BCUT2D eigenvalue weighted by Crippen LogP contribution is 2.33. The van der Waals surface area contributed by atoms with Crippen LogP contribution in [0, 0.1) is 32.1 Å². The van der Waals surface area contributed by atoms with Gasteiger partial charge in [0.15, 0.2) is 0 Å². The first-order valence-corrected chi connectivity index (χ1v) is 6.67. The number of hydrogen-bond acceptors (Lipinski definition) is 2. The summed E-state index contributed by atoms with van der Waals surface area (Å²) in [7, 11) is 0. The molecule has 18 heavy (non-hydrogen) atoms. The van der Waals surface area contributed by atoms with E-state index in [0.717, 1.165) is 0 Å². The Morgan fingerprint density at radius 1 is 0.944 bits per heavy atom. The van der Waals surface area contributed by atoms with Gasteiger partial charge in [0.2, 0.25) is 0 Å². The van der Waals surface area contributed by atoms with E-state index in [1.54, 1.807) is 11.8 Å². The number of nitriles is 1. The zero-order valence-corrected chi connectivity index (χ0v) is 11.6. The minimum atomic E-state index is 0.705. The monoisotopic (exact) mass is 253 g/mol. The van der Waals surface area contributed by atoms with Crippen molar-refractivity contribution in [2.45, 2.75) is 30.6 Å². The molecular weight excluding hydrogens is 238 g/mol. The third-order valence-corrected chi connectivity index (χ3v) is 4.16. The largest absolute Gasteiger partial charge is 0.192 e. The van der Waals surface area contributed by atoms with Crippen molar-refractivity contribution in [2.24, 2.45) is 0 Å². The van der Waals surface area contributed by atoms with Crippen LogP contribution in [0.2, 0.25) is 0 Å². The van der Waals surface area contributed by atoms with Crippen LogP contribution < -0.4 is 0 Å². The van der Waals surface area contributed by atoms with E-state index in [2.05, 4.69) is 39.0 Å². The van der Waals surface area contributed by atoms with Gasteiger partial charge in [-0.3, -0.25) is 0 Å². The van der Waals surface area contributed by atoms with E-state index in [4.69, 9.17) is 5.26 Å². The van der Waals surface area contributed by atoms with E-state index in [1.807, 2.05) is 24.3 Å². The third kappa shape index (κ3) is 2.75. The van der Waals surface area contributed by atoms with Gasteiger partial charge in [0.1, 0.15) is 0 Å². The Hall–Kier alpha value is -1.72. The minimum absolute atomic E-state index is 0.705. The Kier molecular flexibility index (Phi) is 3.74. The summed E-state index contributed by atoms with van der Waals surface area (Å²) in [6, 6.07) is 14.3. The van der Waals surface area contributed by atoms with Crippen LogP contribution in [0.5, 0.6) is 0 Å². The lowest BCUT2D eigenvalue weighted by molar-refractivity contribution is 1.18. The van der Waals surface area contributed by atoms with E-state index in [0.29, 0.717) is 5.56 Å². The molecule has 0 aromatic heterocycles. The maximum atomic E-state index is 8.78. The zero-order chi connectivity index (χ0) is 13.1. The SMILES string of the molecule is Cc1cc(C)c(Sc2ccc(C#N)cc2)c(C)c1. The highest BCUT2D eigenvalue weighted by Gasteiger charge is 2.06. The van der Waals surface area contributed by atoms with E-state index < -0.39 is 0 Å². The second-order valence-electron chi connectivity index (χ2n) is 4.47. The average Bonchev–Trinajstić information content (AvgIpc) is 2.34. The maximum Gasteiger partial charge on any atom is 0.0991 e. The fraction of sp³-hybridized carbons (Fsp3) is 0.188. The van der Waals surface area contributed by atoms with Gasteiger partial charge in [-0.25, -0.2) is 0 Å². The van der Waals surface area contributed by atoms with Crippen molar-refractivity contribution >= 4 is 11.8 Å². The van der Waals surface area contributed by atoms with Crippen molar-refractivity contribution in [1.29, 1.82) is 5.26 Å². The smallest absolute Gasteiger partial charge is 0.0991 e. The lowest BCUT2D eigenvalue weighted by Crippen LogP contribution is -1.87. The van der Waals surface area contributed by atoms with Crippen molar-refractivity contribution in [3.05, 3.63) is 58.7 Å². The third-order valence-electron chi connectivity index (χ3n) is 2.81. The lowest BCUT2D eigenvalue weighted by atomic mass is 10.1. The molecule has 0 aliphatic rings. The molecule has 0 spiro atoms. The van der Waals surface area contributed by atoms with Gasteiger partial charge in [-0.05, 0) is 56.2 Å². The molecule has 0 amide bonds. The van der Waals surface area contributed by atoms with Gasteiger partial charge in [0, 0.05) is 9.79 Å². The summed E-state index contributed by atoms with van der Waals surface area (Å²) in [5.74, 6) is 0. The molecule has 0 saturated carbocycles. The second kappa shape index (κ2) is 5.29. The first-order chi connectivity index (χ1) is 8.60. The number of hydrogen-bond donors (Lipinski definition) is 0. The Balaban J connectivity index is 2.31. The molecule has 0 saturated heterocycles. The fourth-order valence-corrected chi connectivity index (χ4v) is 2.99. The molecule has 0 fully saturated rings. The van der Waals surface area contributed by atoms with Crippen LogP contribution in [-0.4, -0.2) is 0 Å². The summed E-state index contributed by atoms with van der Waals surface area (Å²) in [5.41, 5.74) is 4.62. The predicted molar refractivity (Wildman–Crippen MR) is 75.9 cm³/mol. The van der Waals surface area contributed by atoms with Crippen LogP contribution in [0.25, 0.3) is 0 Å². The Morgan fingerprint density at radius 2 is 1.50 bits per heavy atom. The first-order valence-electron chi connectivity index (χ1n) is 5.86. The summed E-state index contributed by atoms with van der Waals surface area (Å²) in [6.07, 6.45) is 0. The highest BCUT2D eigenvalue weighted by atomic mass is 32.2. The summed E-state index contributed by atoms with van der Waals surface area (Å²) >= 11 is 1.76. The van der Waals surface area contributed by atoms with Gasteiger partial charge in [0.05, 0.1) is 11.6 Å². The molecule has 0 atom stereocenters. The molecule has 2 aromatic rings. The molecule has 0 heterocycles. The Morgan fingerprint density at radius 3 is 2.00 bits per heavy atom. The Labute approximate surface area is 112 Å². The molecule has 0 unspecified atom stereocenters. The Bertz CT molecular complexity index is 583. The maximum absolute atomic E-state index is 8.78. The van der Waals surface area contributed by atoms with E-state index >= 15 is 0 Å². The van der Waals surface area contributed by atoms with E-state index in [1.165, 1.54) is 26.5 Å². The molecule has 2 aromatic carbocycles. The second-order valence-corrected chi connectivity index (χ2v) is 5.55. The van der Waals surface area contributed by atoms with Gasteiger partial charge in [-0.15, -0.1) is 0 Å². The fourth-order valence-electron chi connectivity index (χ4n) is 2.04. The summed E-state index contributed by atoms with van der Waals surface area (Å²) in [6.45, 7) is 6.41. The first kappa shape index (κ1) is 12.7. The number of nitrogens with zero attached hydrogens (tertiary/aromatic N) is 1. The van der Waals surface area contributed by atoms with Gasteiger partial charge in [-0.2, -0.15) is 5.26 Å². The van der Waals surface area contributed by atoms with E-state index in [9.17, 15) is 0 Å². The van der Waals surface area contributed by atoms with Gasteiger partial charge in [-0.1, -0.05) is 29.5 Å². The molecule has 0 aliphatic heterocycles. The van der Waals surface area contributed by atoms with Crippen LogP contribution in [-0.2, 0) is 0 Å². The molecule has 1 nitrogen and oxygen atoms in total. The number of aryl methyl sites for hydroxylation is 3. The molecule has 2 heteroatoms. The normalized spacial score (nSPS) is 10.1. The summed E-state index contributed by atoms with van der Waals surface area (Å²) in [4.78, 5) is 2.48. The standard InChI is InChI=1S/C16H15NS/c1-11-8-12(2)16(13(3)9-11)18-15-6-4-14(10-17)5-7-15/h4-9H,1-3H3.